The van der Waals surface area contributed by atoms with Crippen molar-refractivity contribution in [3.05, 3.63) is 35.6 Å². The van der Waals surface area contributed by atoms with Gasteiger partial charge in [0.2, 0.25) is 5.79 Å². The van der Waals surface area contributed by atoms with Crippen molar-refractivity contribution in [1.29, 1.82) is 0 Å². The van der Waals surface area contributed by atoms with Gasteiger partial charge in [0.05, 0.1) is 6.08 Å². The van der Waals surface area contributed by atoms with Crippen molar-refractivity contribution >= 4 is 5.97 Å². The van der Waals surface area contributed by atoms with Crippen molar-refractivity contribution in [2.45, 2.75) is 52.7 Å². The third-order valence-electron chi connectivity index (χ3n) is 2.55. The largest absolute Gasteiger partial charge is 0.452 e. The van der Waals surface area contributed by atoms with Gasteiger partial charge in [0.1, 0.15) is 5.76 Å². The van der Waals surface area contributed by atoms with E-state index in [4.69, 9.17) is 9.47 Å². The van der Waals surface area contributed by atoms with Crippen LogP contribution in [0.2, 0.25) is 0 Å². The van der Waals surface area contributed by atoms with Crippen LogP contribution >= 0.6 is 0 Å². The summed E-state index contributed by atoms with van der Waals surface area (Å²) in [6.45, 7) is 7.54. The molecule has 0 N–H and O–H groups in total. The van der Waals surface area contributed by atoms with Gasteiger partial charge in [0, 0.05) is 13.8 Å². The van der Waals surface area contributed by atoms with Gasteiger partial charge in [-0.3, -0.25) is 0 Å². The molecule has 0 bridgehead atoms. The Labute approximate surface area is 109 Å². The van der Waals surface area contributed by atoms with E-state index in [2.05, 4.69) is 13.0 Å². The lowest BCUT2D eigenvalue weighted by molar-refractivity contribution is -0.203. The second-order valence-corrected chi connectivity index (χ2v) is 4.85. The summed E-state index contributed by atoms with van der Waals surface area (Å²) >= 11 is 0. The zero-order valence-corrected chi connectivity index (χ0v) is 11.7. The average Bonchev–Trinajstić information content (AvgIpc) is 2.25. The molecule has 1 aliphatic rings. The molecule has 0 aromatic rings. The molecule has 100 valence electrons. The summed E-state index contributed by atoms with van der Waals surface area (Å²) in [5.41, 5.74) is 0.924. The minimum atomic E-state index is -0.887. The Hall–Kier alpha value is -1.51. The summed E-state index contributed by atoms with van der Waals surface area (Å²) < 4.78 is 10.6. The molecule has 0 aliphatic carbocycles. The highest BCUT2D eigenvalue weighted by molar-refractivity contribution is 5.84. The molecular formula is C15H22O3. The van der Waals surface area contributed by atoms with Crippen LogP contribution in [0.15, 0.2) is 35.6 Å². The van der Waals surface area contributed by atoms with Gasteiger partial charge < -0.3 is 9.47 Å². The number of ether oxygens (including phenoxy) is 2. The van der Waals surface area contributed by atoms with Crippen LogP contribution in [0.5, 0.6) is 0 Å². The topological polar surface area (TPSA) is 35.5 Å². The molecule has 1 aliphatic heterocycles. The first-order chi connectivity index (χ1) is 8.44. The van der Waals surface area contributed by atoms with E-state index in [1.54, 1.807) is 13.8 Å². The third-order valence-corrected chi connectivity index (χ3v) is 2.55. The highest BCUT2D eigenvalue weighted by atomic mass is 16.7. The highest BCUT2D eigenvalue weighted by Gasteiger charge is 2.30. The smallest absolute Gasteiger partial charge is 0.337 e. The highest BCUT2D eigenvalue weighted by Crippen LogP contribution is 2.26. The molecule has 0 saturated heterocycles. The Balaban J connectivity index is 2.66. The maximum absolute atomic E-state index is 11.4. The zero-order valence-electron chi connectivity index (χ0n) is 11.7. The molecule has 0 atom stereocenters. The van der Waals surface area contributed by atoms with Crippen molar-refractivity contribution in [3.8, 4) is 0 Å². The Morgan fingerprint density at radius 3 is 2.72 bits per heavy atom. The molecule has 0 radical (unpaired) electrons. The second kappa shape index (κ2) is 6.43. The molecule has 0 saturated carbocycles. The Kier molecular flexibility index (Phi) is 5.20. The SMILES string of the molecule is CCCC/C=C/C=C(\C)C1=CC(=O)OC(C)(C)O1. The van der Waals surface area contributed by atoms with Crippen LogP contribution in [-0.4, -0.2) is 11.8 Å². The number of rotatable bonds is 5. The maximum atomic E-state index is 11.4. The fourth-order valence-corrected chi connectivity index (χ4v) is 1.60. The van der Waals surface area contributed by atoms with Gasteiger partial charge in [-0.05, 0) is 18.9 Å². The van der Waals surface area contributed by atoms with Crippen LogP contribution in [0.1, 0.15) is 47.0 Å². The lowest BCUT2D eigenvalue weighted by atomic mass is 10.1. The maximum Gasteiger partial charge on any atom is 0.337 e. The van der Waals surface area contributed by atoms with Gasteiger partial charge in [-0.2, -0.15) is 0 Å². The van der Waals surface area contributed by atoms with Gasteiger partial charge in [-0.1, -0.05) is 38.0 Å². The van der Waals surface area contributed by atoms with Crippen LogP contribution in [0.4, 0.5) is 0 Å². The Morgan fingerprint density at radius 2 is 2.11 bits per heavy atom. The van der Waals surface area contributed by atoms with E-state index in [9.17, 15) is 4.79 Å². The van der Waals surface area contributed by atoms with Crippen LogP contribution in [-0.2, 0) is 14.3 Å². The van der Waals surface area contributed by atoms with Crippen molar-refractivity contribution in [1.82, 2.24) is 0 Å². The van der Waals surface area contributed by atoms with Crippen LogP contribution < -0.4 is 0 Å². The molecule has 3 heteroatoms. The molecule has 0 unspecified atom stereocenters. The van der Waals surface area contributed by atoms with Crippen LogP contribution in [0.3, 0.4) is 0 Å². The van der Waals surface area contributed by atoms with Crippen LogP contribution in [0.25, 0.3) is 0 Å². The van der Waals surface area contributed by atoms with Crippen molar-refractivity contribution < 1.29 is 14.3 Å². The number of allylic oxidation sites excluding steroid dienone is 4. The number of hydrogen-bond donors (Lipinski definition) is 0. The average molecular weight is 250 g/mol. The summed E-state index contributed by atoms with van der Waals surface area (Å²) in [7, 11) is 0. The van der Waals surface area contributed by atoms with Gasteiger partial charge in [-0.15, -0.1) is 0 Å². The van der Waals surface area contributed by atoms with E-state index >= 15 is 0 Å². The van der Waals surface area contributed by atoms with Crippen molar-refractivity contribution in [2.24, 2.45) is 0 Å². The number of hydrogen-bond acceptors (Lipinski definition) is 3. The predicted octanol–water partition coefficient (Wildman–Crippen LogP) is 3.87. The fraction of sp³-hybridized carbons (Fsp3) is 0.533. The molecular weight excluding hydrogens is 228 g/mol. The first kappa shape index (κ1) is 14.6. The van der Waals surface area contributed by atoms with E-state index < -0.39 is 5.79 Å². The molecule has 3 nitrogen and oxygen atoms in total. The van der Waals surface area contributed by atoms with Gasteiger partial charge >= 0.3 is 5.97 Å². The molecule has 0 amide bonds. The Bertz CT molecular complexity index is 387. The standard InChI is InChI=1S/C15H22O3/c1-5-6-7-8-9-10-12(2)13-11-14(16)18-15(3,4)17-13/h8-11H,5-7H2,1-4H3/b9-8+,12-10+. The minimum absolute atomic E-state index is 0.357. The van der Waals surface area contributed by atoms with Crippen molar-refractivity contribution in [3.63, 3.8) is 0 Å². The monoisotopic (exact) mass is 250 g/mol. The lowest BCUT2D eigenvalue weighted by Crippen LogP contribution is -2.34. The molecule has 0 aromatic heterocycles. The van der Waals surface area contributed by atoms with Gasteiger partial charge in [0.15, 0.2) is 0 Å². The number of unbranched alkanes of at least 4 members (excludes halogenated alkanes) is 2. The summed E-state index contributed by atoms with van der Waals surface area (Å²) in [5.74, 6) is -0.664. The normalized spacial score (nSPS) is 19.4. The van der Waals surface area contributed by atoms with E-state index in [0.717, 1.165) is 12.0 Å². The summed E-state index contributed by atoms with van der Waals surface area (Å²) in [6, 6.07) is 0. The molecule has 1 rings (SSSR count). The third kappa shape index (κ3) is 4.78. The number of carbonyl (C=O) groups excluding carboxylic acids is 1. The molecule has 18 heavy (non-hydrogen) atoms. The number of cyclic esters (lactones) is 1. The fourth-order valence-electron chi connectivity index (χ4n) is 1.60. The second-order valence-electron chi connectivity index (χ2n) is 4.85. The lowest BCUT2D eigenvalue weighted by Gasteiger charge is -2.30. The quantitative estimate of drug-likeness (QED) is 0.422. The number of carbonyl (C=O) groups is 1. The van der Waals surface area contributed by atoms with E-state index in [1.807, 2.05) is 19.1 Å². The van der Waals surface area contributed by atoms with Gasteiger partial charge in [-0.25, -0.2) is 4.79 Å². The van der Waals surface area contributed by atoms with E-state index in [0.29, 0.717) is 5.76 Å². The zero-order chi connectivity index (χ0) is 13.6. The van der Waals surface area contributed by atoms with E-state index in [1.165, 1.54) is 18.9 Å². The van der Waals surface area contributed by atoms with Crippen LogP contribution in [0, 0.1) is 0 Å². The summed E-state index contributed by atoms with van der Waals surface area (Å²) in [6.07, 6.45) is 10.9. The molecule has 0 spiro atoms. The van der Waals surface area contributed by atoms with E-state index in [-0.39, 0.29) is 5.97 Å². The minimum Gasteiger partial charge on any atom is -0.452 e. The molecule has 1 heterocycles. The molecule has 0 fully saturated rings. The molecule has 0 aromatic carbocycles. The van der Waals surface area contributed by atoms with Crippen molar-refractivity contribution in [2.75, 3.05) is 0 Å². The predicted molar refractivity (Wildman–Crippen MR) is 71.8 cm³/mol. The summed E-state index contributed by atoms with van der Waals surface area (Å²) in [5, 5.41) is 0. The summed E-state index contributed by atoms with van der Waals surface area (Å²) in [4.78, 5) is 11.4. The Morgan fingerprint density at radius 1 is 1.39 bits per heavy atom. The number of esters is 1. The first-order valence-electron chi connectivity index (χ1n) is 6.42. The van der Waals surface area contributed by atoms with Gasteiger partial charge in [0.25, 0.3) is 0 Å². The first-order valence-corrected chi connectivity index (χ1v) is 6.42.